The van der Waals surface area contributed by atoms with Crippen molar-refractivity contribution in [2.75, 3.05) is 32.7 Å². The first-order valence-electron chi connectivity index (χ1n) is 9.25. The Balaban J connectivity index is 1.51. The van der Waals surface area contributed by atoms with Crippen molar-refractivity contribution >= 4 is 23.0 Å². The average Bonchev–Trinajstić information content (AvgIpc) is 3.20. The van der Waals surface area contributed by atoms with Gasteiger partial charge in [-0.25, -0.2) is 4.98 Å². The normalized spacial score (nSPS) is 22.0. The summed E-state index contributed by atoms with van der Waals surface area (Å²) in [5, 5.41) is 7.07. The molecule has 2 aliphatic heterocycles. The highest BCUT2D eigenvalue weighted by Gasteiger charge is 2.26. The zero-order valence-electron chi connectivity index (χ0n) is 15.4. The molecule has 1 amide bonds. The molecular formula is C18H28N4O2S. The van der Waals surface area contributed by atoms with Crippen molar-refractivity contribution in [3.63, 3.8) is 0 Å². The Labute approximate surface area is 153 Å². The van der Waals surface area contributed by atoms with Gasteiger partial charge in [-0.15, -0.1) is 11.3 Å². The lowest BCUT2D eigenvalue weighted by molar-refractivity contribution is 0.0530. The van der Waals surface area contributed by atoms with Gasteiger partial charge in [0.15, 0.2) is 0 Å². The van der Waals surface area contributed by atoms with Crippen LogP contribution in [0, 0.1) is 0 Å². The molecule has 0 N–H and O–H groups in total. The molecule has 7 heteroatoms. The monoisotopic (exact) mass is 364 g/mol. The van der Waals surface area contributed by atoms with Gasteiger partial charge >= 0.3 is 0 Å². The second-order valence-corrected chi connectivity index (χ2v) is 8.00. The molecule has 0 aromatic carbocycles. The zero-order valence-corrected chi connectivity index (χ0v) is 16.2. The third kappa shape index (κ3) is 4.58. The summed E-state index contributed by atoms with van der Waals surface area (Å²) in [5.74, 6) is 0.437. The minimum Gasteiger partial charge on any atom is -0.391 e. The van der Waals surface area contributed by atoms with Crippen molar-refractivity contribution < 1.29 is 9.63 Å². The van der Waals surface area contributed by atoms with Gasteiger partial charge in [0.05, 0.1) is 10.7 Å². The Kier molecular flexibility index (Phi) is 6.06. The fourth-order valence-electron chi connectivity index (χ4n) is 3.25. The van der Waals surface area contributed by atoms with E-state index in [1.54, 1.807) is 11.3 Å². The molecule has 2 aliphatic rings. The van der Waals surface area contributed by atoms with Crippen LogP contribution in [0.15, 0.2) is 10.5 Å². The second kappa shape index (κ2) is 8.27. The Hall–Kier alpha value is -1.47. The van der Waals surface area contributed by atoms with Crippen LogP contribution in [0.5, 0.6) is 0 Å². The quantitative estimate of drug-likeness (QED) is 0.806. The predicted octanol–water partition coefficient (Wildman–Crippen LogP) is 2.97. The topological polar surface area (TPSA) is 58.0 Å². The largest absolute Gasteiger partial charge is 0.391 e. The van der Waals surface area contributed by atoms with E-state index in [2.05, 4.69) is 35.8 Å². The van der Waals surface area contributed by atoms with Gasteiger partial charge in [-0.2, -0.15) is 0 Å². The van der Waals surface area contributed by atoms with Crippen LogP contribution >= 0.6 is 11.3 Å². The SMILES string of the molecule is CCC1=NOC(CN2CCCN(C(=O)c3csc(C(C)C)n3)CC2)C1. The number of hydrogen-bond donors (Lipinski definition) is 0. The van der Waals surface area contributed by atoms with Crippen molar-refractivity contribution in [2.24, 2.45) is 5.16 Å². The van der Waals surface area contributed by atoms with Gasteiger partial charge in [0.1, 0.15) is 11.8 Å². The highest BCUT2D eigenvalue weighted by molar-refractivity contribution is 7.09. The maximum absolute atomic E-state index is 12.7. The number of carbonyl (C=O) groups is 1. The molecule has 25 heavy (non-hydrogen) atoms. The van der Waals surface area contributed by atoms with Crippen LogP contribution in [0.4, 0.5) is 0 Å². The number of carbonyl (C=O) groups excluding carboxylic acids is 1. The Bertz CT molecular complexity index is 628. The number of amides is 1. The van der Waals surface area contributed by atoms with Crippen LogP contribution in [0.3, 0.4) is 0 Å². The number of aromatic nitrogens is 1. The first kappa shape index (κ1) is 18.3. The van der Waals surface area contributed by atoms with Crippen molar-refractivity contribution in [1.29, 1.82) is 0 Å². The van der Waals surface area contributed by atoms with Crippen LogP contribution in [0.25, 0.3) is 0 Å². The molecule has 3 heterocycles. The first-order chi connectivity index (χ1) is 12.1. The number of rotatable bonds is 5. The number of nitrogens with zero attached hydrogens (tertiary/aromatic N) is 4. The predicted molar refractivity (Wildman–Crippen MR) is 100 cm³/mol. The summed E-state index contributed by atoms with van der Waals surface area (Å²) in [4.78, 5) is 27.1. The molecule has 1 fully saturated rings. The van der Waals surface area contributed by atoms with E-state index in [4.69, 9.17) is 4.84 Å². The van der Waals surface area contributed by atoms with E-state index < -0.39 is 0 Å². The number of hydrogen-bond acceptors (Lipinski definition) is 6. The van der Waals surface area contributed by atoms with Crippen LogP contribution in [0.1, 0.15) is 61.4 Å². The van der Waals surface area contributed by atoms with Gasteiger partial charge in [-0.3, -0.25) is 9.69 Å². The van der Waals surface area contributed by atoms with Gasteiger partial charge in [0, 0.05) is 50.4 Å². The number of oxime groups is 1. The van der Waals surface area contributed by atoms with Crippen LogP contribution in [0.2, 0.25) is 0 Å². The van der Waals surface area contributed by atoms with Crippen molar-refractivity contribution in [2.45, 2.75) is 52.1 Å². The van der Waals surface area contributed by atoms with E-state index in [-0.39, 0.29) is 12.0 Å². The lowest BCUT2D eigenvalue weighted by atomic mass is 10.1. The fraction of sp³-hybridized carbons (Fsp3) is 0.722. The van der Waals surface area contributed by atoms with Crippen molar-refractivity contribution in [3.8, 4) is 0 Å². The summed E-state index contributed by atoms with van der Waals surface area (Å²) >= 11 is 1.58. The molecule has 6 nitrogen and oxygen atoms in total. The molecule has 1 aromatic heterocycles. The third-order valence-corrected chi connectivity index (χ3v) is 5.92. The summed E-state index contributed by atoms with van der Waals surface area (Å²) in [6.07, 6.45) is 3.06. The van der Waals surface area contributed by atoms with Gasteiger partial charge in [-0.1, -0.05) is 25.9 Å². The van der Waals surface area contributed by atoms with Gasteiger partial charge in [0.25, 0.3) is 5.91 Å². The Morgan fingerprint density at radius 1 is 1.36 bits per heavy atom. The molecule has 3 rings (SSSR count). The molecule has 0 spiro atoms. The molecule has 1 saturated heterocycles. The standard InChI is InChI=1S/C18H28N4O2S/c1-4-14-10-15(24-20-14)11-21-6-5-7-22(9-8-21)18(23)16-12-25-17(19-16)13(2)3/h12-13,15H,4-11H2,1-3H3. The molecule has 0 saturated carbocycles. The lowest BCUT2D eigenvalue weighted by Gasteiger charge is -2.23. The minimum absolute atomic E-state index is 0.0683. The van der Waals surface area contributed by atoms with Crippen molar-refractivity contribution in [1.82, 2.24) is 14.8 Å². The van der Waals surface area contributed by atoms with E-state index in [0.717, 1.165) is 62.7 Å². The highest BCUT2D eigenvalue weighted by Crippen LogP contribution is 2.21. The van der Waals surface area contributed by atoms with E-state index in [0.29, 0.717) is 11.6 Å². The second-order valence-electron chi connectivity index (χ2n) is 7.11. The zero-order chi connectivity index (χ0) is 17.8. The lowest BCUT2D eigenvalue weighted by Crippen LogP contribution is -2.37. The van der Waals surface area contributed by atoms with Crippen LogP contribution in [-0.4, -0.2) is 65.2 Å². The molecular weight excluding hydrogens is 336 g/mol. The Morgan fingerprint density at radius 2 is 2.20 bits per heavy atom. The van der Waals surface area contributed by atoms with E-state index >= 15 is 0 Å². The summed E-state index contributed by atoms with van der Waals surface area (Å²) in [6.45, 7) is 10.7. The van der Waals surface area contributed by atoms with Gasteiger partial charge in [-0.05, 0) is 12.8 Å². The summed E-state index contributed by atoms with van der Waals surface area (Å²) < 4.78 is 0. The van der Waals surface area contributed by atoms with Crippen molar-refractivity contribution in [3.05, 3.63) is 16.1 Å². The molecule has 1 aromatic rings. The fourth-order valence-corrected chi connectivity index (χ4v) is 4.06. The van der Waals surface area contributed by atoms with Gasteiger partial charge in [0.2, 0.25) is 0 Å². The summed E-state index contributed by atoms with van der Waals surface area (Å²) in [6, 6.07) is 0. The summed E-state index contributed by atoms with van der Waals surface area (Å²) in [7, 11) is 0. The van der Waals surface area contributed by atoms with E-state index in [1.165, 1.54) is 0 Å². The van der Waals surface area contributed by atoms with Crippen LogP contribution in [-0.2, 0) is 4.84 Å². The maximum atomic E-state index is 12.7. The van der Waals surface area contributed by atoms with E-state index in [9.17, 15) is 4.79 Å². The smallest absolute Gasteiger partial charge is 0.273 e. The van der Waals surface area contributed by atoms with Gasteiger partial charge < -0.3 is 9.74 Å². The molecule has 1 unspecified atom stereocenters. The Morgan fingerprint density at radius 3 is 2.88 bits per heavy atom. The van der Waals surface area contributed by atoms with Crippen LogP contribution < -0.4 is 0 Å². The third-order valence-electron chi connectivity index (χ3n) is 4.77. The first-order valence-corrected chi connectivity index (χ1v) is 10.1. The average molecular weight is 365 g/mol. The molecule has 0 bridgehead atoms. The van der Waals surface area contributed by atoms with E-state index in [1.807, 2.05) is 10.3 Å². The summed E-state index contributed by atoms with van der Waals surface area (Å²) in [5.41, 5.74) is 1.75. The molecule has 1 atom stereocenters. The minimum atomic E-state index is 0.0683. The number of thiazole rings is 1. The molecule has 0 aliphatic carbocycles. The highest BCUT2D eigenvalue weighted by atomic mass is 32.1. The maximum Gasteiger partial charge on any atom is 0.273 e. The molecule has 0 radical (unpaired) electrons. The molecule has 138 valence electrons.